The molecule has 1 aromatic rings. The van der Waals surface area contributed by atoms with E-state index < -0.39 is 9.84 Å². The van der Waals surface area contributed by atoms with Crippen molar-refractivity contribution in [3.05, 3.63) is 29.8 Å². The SMILES string of the molecule is CNC(CS(=O)(=O)c1ccc(C(C)(C)C)cc1)C(C)(C)C. The Kier molecular flexibility index (Phi) is 5.27. The van der Waals surface area contributed by atoms with Gasteiger partial charge in [0.15, 0.2) is 9.84 Å². The van der Waals surface area contributed by atoms with Crippen molar-refractivity contribution in [2.24, 2.45) is 5.41 Å². The van der Waals surface area contributed by atoms with E-state index in [1.807, 2.05) is 40.0 Å². The first-order chi connectivity index (χ1) is 9.38. The highest BCUT2D eigenvalue weighted by Gasteiger charge is 2.29. The van der Waals surface area contributed by atoms with Crippen LogP contribution in [0.5, 0.6) is 0 Å². The van der Waals surface area contributed by atoms with E-state index >= 15 is 0 Å². The summed E-state index contributed by atoms with van der Waals surface area (Å²) >= 11 is 0. The molecule has 0 bridgehead atoms. The molecule has 0 radical (unpaired) electrons. The summed E-state index contributed by atoms with van der Waals surface area (Å²) in [7, 11) is -1.47. The van der Waals surface area contributed by atoms with E-state index in [4.69, 9.17) is 0 Å². The van der Waals surface area contributed by atoms with Crippen molar-refractivity contribution in [1.29, 1.82) is 0 Å². The molecule has 1 unspecified atom stereocenters. The average Bonchev–Trinajstić information content (AvgIpc) is 2.34. The summed E-state index contributed by atoms with van der Waals surface area (Å²) in [4.78, 5) is 0.403. The normalized spacial score (nSPS) is 15.0. The highest BCUT2D eigenvalue weighted by Crippen LogP contribution is 2.26. The number of hydrogen-bond acceptors (Lipinski definition) is 3. The van der Waals surface area contributed by atoms with Crippen LogP contribution in [0.2, 0.25) is 0 Å². The van der Waals surface area contributed by atoms with Gasteiger partial charge in [0.25, 0.3) is 0 Å². The molecule has 0 spiro atoms. The maximum atomic E-state index is 12.6. The molecule has 0 aromatic heterocycles. The topological polar surface area (TPSA) is 46.2 Å². The van der Waals surface area contributed by atoms with Crippen LogP contribution in [0.3, 0.4) is 0 Å². The molecule has 3 nitrogen and oxygen atoms in total. The number of rotatable bonds is 4. The van der Waals surface area contributed by atoms with Crippen molar-refractivity contribution in [2.75, 3.05) is 12.8 Å². The van der Waals surface area contributed by atoms with Crippen LogP contribution in [0.4, 0.5) is 0 Å². The zero-order valence-corrected chi connectivity index (χ0v) is 15.1. The van der Waals surface area contributed by atoms with Gasteiger partial charge in [-0.25, -0.2) is 8.42 Å². The third-order valence-electron chi connectivity index (χ3n) is 3.86. The largest absolute Gasteiger partial charge is 0.315 e. The summed E-state index contributed by atoms with van der Waals surface area (Å²) in [5, 5.41) is 3.12. The lowest BCUT2D eigenvalue weighted by atomic mass is 9.87. The second kappa shape index (κ2) is 6.09. The molecule has 1 atom stereocenters. The van der Waals surface area contributed by atoms with Gasteiger partial charge in [-0.15, -0.1) is 0 Å². The molecule has 120 valence electrons. The smallest absolute Gasteiger partial charge is 0.179 e. The molecule has 0 aliphatic carbocycles. The van der Waals surface area contributed by atoms with Gasteiger partial charge in [0, 0.05) is 6.04 Å². The second-order valence-corrected chi connectivity index (χ2v) is 9.80. The summed E-state index contributed by atoms with van der Waals surface area (Å²) in [6.45, 7) is 12.5. The molecule has 1 rings (SSSR count). The van der Waals surface area contributed by atoms with Crippen molar-refractivity contribution < 1.29 is 8.42 Å². The minimum absolute atomic E-state index is 0.0290. The standard InChI is InChI=1S/C17H29NO2S/c1-16(2,3)13-8-10-14(11-9-13)21(19,20)12-15(18-7)17(4,5)6/h8-11,15,18H,12H2,1-7H3. The molecular formula is C17H29NO2S. The van der Waals surface area contributed by atoms with E-state index in [0.717, 1.165) is 5.56 Å². The van der Waals surface area contributed by atoms with Crippen molar-refractivity contribution in [2.45, 2.75) is 57.9 Å². The fourth-order valence-electron chi connectivity index (χ4n) is 2.24. The Bertz CT molecular complexity index is 560. The van der Waals surface area contributed by atoms with E-state index in [1.54, 1.807) is 12.1 Å². The fraction of sp³-hybridized carbons (Fsp3) is 0.647. The van der Waals surface area contributed by atoms with Gasteiger partial charge in [0.2, 0.25) is 0 Å². The zero-order valence-electron chi connectivity index (χ0n) is 14.3. The molecular weight excluding hydrogens is 282 g/mol. The summed E-state index contributed by atoms with van der Waals surface area (Å²) < 4.78 is 25.1. The molecule has 0 aliphatic rings. The third kappa shape index (κ3) is 4.82. The van der Waals surface area contributed by atoms with Gasteiger partial charge in [-0.1, -0.05) is 53.7 Å². The van der Waals surface area contributed by atoms with Crippen LogP contribution in [-0.4, -0.2) is 27.3 Å². The summed E-state index contributed by atoms with van der Waals surface area (Å²) in [5.74, 6) is 0.113. The van der Waals surface area contributed by atoms with Crippen LogP contribution < -0.4 is 5.32 Å². The van der Waals surface area contributed by atoms with Gasteiger partial charge in [0.1, 0.15) is 0 Å². The van der Waals surface area contributed by atoms with E-state index in [-0.39, 0.29) is 22.6 Å². The number of hydrogen-bond donors (Lipinski definition) is 1. The zero-order chi connectivity index (χ0) is 16.5. The third-order valence-corrected chi connectivity index (χ3v) is 5.62. The minimum atomic E-state index is -3.28. The van der Waals surface area contributed by atoms with Crippen molar-refractivity contribution >= 4 is 9.84 Å². The quantitative estimate of drug-likeness (QED) is 0.927. The summed E-state index contributed by atoms with van der Waals surface area (Å²) in [6, 6.07) is 7.21. The van der Waals surface area contributed by atoms with Crippen LogP contribution in [0, 0.1) is 5.41 Å². The minimum Gasteiger partial charge on any atom is -0.315 e. The lowest BCUT2D eigenvalue weighted by Gasteiger charge is -2.30. The van der Waals surface area contributed by atoms with Gasteiger partial charge < -0.3 is 5.32 Å². The number of sulfone groups is 1. The Hall–Kier alpha value is -0.870. The van der Waals surface area contributed by atoms with E-state index in [9.17, 15) is 8.42 Å². The maximum absolute atomic E-state index is 12.6. The number of nitrogens with one attached hydrogen (secondary N) is 1. The van der Waals surface area contributed by atoms with Crippen LogP contribution in [-0.2, 0) is 15.3 Å². The van der Waals surface area contributed by atoms with Crippen LogP contribution in [0.25, 0.3) is 0 Å². The highest BCUT2D eigenvalue weighted by molar-refractivity contribution is 7.91. The van der Waals surface area contributed by atoms with Crippen LogP contribution in [0.15, 0.2) is 29.2 Å². The van der Waals surface area contributed by atoms with Crippen molar-refractivity contribution in [3.63, 3.8) is 0 Å². The highest BCUT2D eigenvalue weighted by atomic mass is 32.2. The van der Waals surface area contributed by atoms with Crippen molar-refractivity contribution in [3.8, 4) is 0 Å². The average molecular weight is 311 g/mol. The molecule has 0 fully saturated rings. The first kappa shape index (κ1) is 18.2. The molecule has 0 saturated heterocycles. The lowest BCUT2D eigenvalue weighted by Crippen LogP contribution is -2.43. The van der Waals surface area contributed by atoms with Crippen LogP contribution in [0.1, 0.15) is 47.1 Å². The predicted molar refractivity (Wildman–Crippen MR) is 89.5 cm³/mol. The Morgan fingerprint density at radius 1 is 1.00 bits per heavy atom. The number of benzene rings is 1. The van der Waals surface area contributed by atoms with Gasteiger partial charge in [-0.2, -0.15) is 0 Å². The van der Waals surface area contributed by atoms with E-state index in [2.05, 4.69) is 26.1 Å². The van der Waals surface area contributed by atoms with Gasteiger partial charge >= 0.3 is 0 Å². The molecule has 1 N–H and O–H groups in total. The molecule has 0 heterocycles. The fourth-order valence-corrected chi connectivity index (χ4v) is 4.09. The summed E-state index contributed by atoms with van der Waals surface area (Å²) in [5.41, 5.74) is 1.07. The molecule has 4 heteroatoms. The molecule has 0 aliphatic heterocycles. The Morgan fingerprint density at radius 2 is 1.48 bits per heavy atom. The first-order valence-electron chi connectivity index (χ1n) is 7.38. The van der Waals surface area contributed by atoms with E-state index in [0.29, 0.717) is 4.90 Å². The van der Waals surface area contributed by atoms with Gasteiger partial charge in [0.05, 0.1) is 10.6 Å². The molecule has 0 saturated carbocycles. The molecule has 0 amide bonds. The molecule has 1 aromatic carbocycles. The predicted octanol–water partition coefficient (Wildman–Crippen LogP) is 3.39. The van der Waals surface area contributed by atoms with Gasteiger partial charge in [-0.05, 0) is 35.6 Å². The second-order valence-electron chi connectivity index (χ2n) is 7.76. The Morgan fingerprint density at radius 3 is 1.81 bits per heavy atom. The Labute approximate surface area is 130 Å². The monoisotopic (exact) mass is 311 g/mol. The van der Waals surface area contributed by atoms with E-state index in [1.165, 1.54) is 0 Å². The van der Waals surface area contributed by atoms with Crippen LogP contribution >= 0.6 is 0 Å². The Balaban J connectivity index is 3.04. The maximum Gasteiger partial charge on any atom is 0.179 e. The lowest BCUT2D eigenvalue weighted by molar-refractivity contribution is 0.302. The molecule has 21 heavy (non-hydrogen) atoms. The first-order valence-corrected chi connectivity index (χ1v) is 9.04. The van der Waals surface area contributed by atoms with Crippen molar-refractivity contribution in [1.82, 2.24) is 5.32 Å². The van der Waals surface area contributed by atoms with Gasteiger partial charge in [-0.3, -0.25) is 0 Å². The summed E-state index contributed by atoms with van der Waals surface area (Å²) in [6.07, 6.45) is 0.